The maximum atomic E-state index is 2.64. The molecule has 0 aromatic heterocycles. The Bertz CT molecular complexity index is 721. The molecule has 386 valence electrons. The Balaban J connectivity index is 4.41. The highest BCUT2D eigenvalue weighted by atomic mass is 15.3. The zero-order chi connectivity index (χ0) is 46.6. The number of unbranched alkanes of at least 4 members (excludes halogenated alkanes) is 45. The second-order valence-corrected chi connectivity index (χ2v) is 22.8. The lowest BCUT2D eigenvalue weighted by molar-refractivity contribution is -0.910. The molecule has 0 spiro atoms. The zero-order valence-electron chi connectivity index (χ0n) is 46.5. The van der Waals surface area contributed by atoms with E-state index in [1.165, 1.54) is 369 Å². The van der Waals surface area contributed by atoms with E-state index in [1.54, 1.807) is 0 Å². The van der Waals surface area contributed by atoms with Crippen LogP contribution >= 0.6 is 0 Å². The molecule has 0 amide bonds. The molecule has 0 rings (SSSR count). The molecule has 0 radical (unpaired) electrons. The topological polar surface area (TPSA) is 0 Å². The quantitative estimate of drug-likeness (QED) is 0.0421. The number of hydrogen-bond acceptors (Lipinski definition) is 0. The van der Waals surface area contributed by atoms with Crippen LogP contribution in [0.3, 0.4) is 0 Å². The lowest BCUT2D eigenvalue weighted by Gasteiger charge is -2.35. The van der Waals surface area contributed by atoms with Gasteiger partial charge in [0.15, 0.2) is 0 Å². The largest absolute Gasteiger partial charge is 0.326 e. The van der Waals surface area contributed by atoms with E-state index >= 15 is 0 Å². The molecule has 0 aliphatic heterocycles. The molecule has 0 bridgehead atoms. The van der Waals surface area contributed by atoms with Gasteiger partial charge >= 0.3 is 0 Å². The van der Waals surface area contributed by atoms with E-state index in [2.05, 4.69) is 41.8 Å². The second kappa shape index (κ2) is 52.3. The molecule has 0 aromatic carbocycles. The van der Waals surface area contributed by atoms with Crippen LogP contribution in [0.15, 0.2) is 0 Å². The Morgan fingerprint density at radius 2 is 0.234 bits per heavy atom. The summed E-state index contributed by atoms with van der Waals surface area (Å²) in [5.74, 6) is 0. The van der Waals surface area contributed by atoms with E-state index in [1.807, 2.05) is 0 Å². The first kappa shape index (κ1) is 63.9. The van der Waals surface area contributed by atoms with Crippen molar-refractivity contribution in [3.05, 3.63) is 0 Å². The van der Waals surface area contributed by atoms with Crippen LogP contribution in [0, 0.1) is 0 Å². The third kappa shape index (κ3) is 48.4. The Hall–Kier alpha value is -0.0800. The van der Waals surface area contributed by atoms with Gasteiger partial charge in [-0.15, -0.1) is 0 Å². The molecule has 2 nitrogen and oxygen atoms in total. The van der Waals surface area contributed by atoms with Crippen molar-refractivity contribution >= 4 is 0 Å². The van der Waals surface area contributed by atoms with Crippen molar-refractivity contribution in [2.45, 2.75) is 349 Å². The summed E-state index contributed by atoms with van der Waals surface area (Å²) in [5.41, 5.74) is 0. The number of quaternary nitrogens is 2. The van der Waals surface area contributed by atoms with E-state index in [4.69, 9.17) is 0 Å². The van der Waals surface area contributed by atoms with Crippen LogP contribution in [0.4, 0.5) is 0 Å². The van der Waals surface area contributed by atoms with Gasteiger partial charge in [-0.05, 0) is 77.0 Å². The Kier molecular flexibility index (Phi) is 52.2. The molecular formula is C62H130N2+2. The maximum absolute atomic E-state index is 2.64. The molecule has 0 N–H and O–H groups in total. The van der Waals surface area contributed by atoms with E-state index in [0.717, 1.165) is 0 Å². The van der Waals surface area contributed by atoms with Gasteiger partial charge < -0.3 is 8.97 Å². The summed E-state index contributed by atoms with van der Waals surface area (Å²) >= 11 is 0. The molecule has 2 heteroatoms. The molecule has 64 heavy (non-hydrogen) atoms. The Labute approximate surface area is 409 Å². The molecule has 0 aliphatic carbocycles. The molecule has 0 aliphatic rings. The van der Waals surface area contributed by atoms with Gasteiger partial charge in [-0.2, -0.15) is 0 Å². The molecule has 0 heterocycles. The van der Waals surface area contributed by atoms with Gasteiger partial charge in [-0.25, -0.2) is 0 Å². The first-order valence-corrected chi connectivity index (χ1v) is 31.1. The van der Waals surface area contributed by atoms with Crippen LogP contribution in [0.2, 0.25) is 0 Å². The standard InChI is InChI=1S/C62H130N2/c1-7-11-15-19-23-27-33-39-45-51-57-63(5,58-52-46-40-34-28-24-20-16-12-8-2)61-55-49-43-37-31-32-38-44-50-56-62-64(6,59-53-47-41-35-29-25-21-17-13-9-3)60-54-48-42-36-30-26-22-18-14-10-4/h7-62H2,1-6H3/q+2. The van der Waals surface area contributed by atoms with Gasteiger partial charge in [0.1, 0.15) is 0 Å². The fraction of sp³-hybridized carbons (Fsp3) is 1.00. The van der Waals surface area contributed by atoms with E-state index in [0.29, 0.717) is 0 Å². The predicted octanol–water partition coefficient (Wildman–Crippen LogP) is 21.5. The van der Waals surface area contributed by atoms with Crippen LogP contribution in [-0.2, 0) is 0 Å². The smallest absolute Gasteiger partial charge is 0.0784 e. The van der Waals surface area contributed by atoms with E-state index in [-0.39, 0.29) is 0 Å². The molecule has 0 atom stereocenters. The van der Waals surface area contributed by atoms with Crippen LogP contribution in [0.1, 0.15) is 349 Å². The van der Waals surface area contributed by atoms with Gasteiger partial charge in [0.25, 0.3) is 0 Å². The van der Waals surface area contributed by atoms with Gasteiger partial charge in [-0.1, -0.05) is 272 Å². The summed E-state index contributed by atoms with van der Waals surface area (Å²) in [7, 11) is 5.28. The SMILES string of the molecule is CCCCCCCCCCCC[N+](C)(CCCCCCCCCCCC)CCCCCCCCCCCC[N+](C)(CCCCCCCCCCCC)CCCCCCCCCCCC. The van der Waals surface area contributed by atoms with Crippen molar-refractivity contribution in [1.82, 2.24) is 0 Å². The van der Waals surface area contributed by atoms with Gasteiger partial charge in [0.05, 0.1) is 53.4 Å². The summed E-state index contributed by atoms with van der Waals surface area (Å²) in [5, 5.41) is 0. The van der Waals surface area contributed by atoms with Gasteiger partial charge in [0, 0.05) is 0 Å². The zero-order valence-corrected chi connectivity index (χ0v) is 46.5. The fourth-order valence-electron chi connectivity index (χ4n) is 11.0. The Morgan fingerprint density at radius 1 is 0.141 bits per heavy atom. The van der Waals surface area contributed by atoms with Crippen molar-refractivity contribution in [2.75, 3.05) is 53.4 Å². The Morgan fingerprint density at radius 3 is 0.344 bits per heavy atom. The average molecular weight is 904 g/mol. The molecule has 0 saturated heterocycles. The summed E-state index contributed by atoms with van der Waals surface area (Å²) in [6, 6.07) is 0. The van der Waals surface area contributed by atoms with Crippen molar-refractivity contribution in [3.8, 4) is 0 Å². The minimum absolute atomic E-state index is 1.37. The van der Waals surface area contributed by atoms with Crippen LogP contribution in [0.25, 0.3) is 0 Å². The molecule has 0 fully saturated rings. The van der Waals surface area contributed by atoms with Crippen molar-refractivity contribution in [1.29, 1.82) is 0 Å². The molecule has 0 aromatic rings. The summed E-state index contributed by atoms with van der Waals surface area (Å²) < 4.78 is 2.73. The van der Waals surface area contributed by atoms with Crippen LogP contribution < -0.4 is 0 Å². The lowest BCUT2D eigenvalue weighted by Crippen LogP contribution is -2.46. The highest BCUT2D eigenvalue weighted by molar-refractivity contribution is 4.56. The number of hydrogen-bond donors (Lipinski definition) is 0. The molecule has 0 saturated carbocycles. The normalized spacial score (nSPS) is 12.3. The number of nitrogens with zero attached hydrogens (tertiary/aromatic N) is 2. The minimum Gasteiger partial charge on any atom is -0.326 e. The van der Waals surface area contributed by atoms with Crippen LogP contribution in [-0.4, -0.2) is 62.3 Å². The van der Waals surface area contributed by atoms with Crippen molar-refractivity contribution < 1.29 is 8.97 Å². The van der Waals surface area contributed by atoms with Gasteiger partial charge in [0.2, 0.25) is 0 Å². The second-order valence-electron chi connectivity index (χ2n) is 22.8. The third-order valence-corrected chi connectivity index (χ3v) is 15.9. The van der Waals surface area contributed by atoms with Crippen LogP contribution in [0.5, 0.6) is 0 Å². The number of rotatable bonds is 57. The first-order chi connectivity index (χ1) is 31.4. The van der Waals surface area contributed by atoms with Gasteiger partial charge in [-0.3, -0.25) is 0 Å². The van der Waals surface area contributed by atoms with Crippen molar-refractivity contribution in [2.24, 2.45) is 0 Å². The summed E-state index contributed by atoms with van der Waals surface area (Å²) in [6.45, 7) is 17.9. The third-order valence-electron chi connectivity index (χ3n) is 15.9. The molecule has 0 unspecified atom stereocenters. The fourth-order valence-corrected chi connectivity index (χ4v) is 11.0. The highest BCUT2D eigenvalue weighted by Crippen LogP contribution is 2.20. The average Bonchev–Trinajstić information content (AvgIpc) is 3.29. The van der Waals surface area contributed by atoms with E-state index in [9.17, 15) is 0 Å². The lowest BCUT2D eigenvalue weighted by atomic mass is 10.0. The first-order valence-electron chi connectivity index (χ1n) is 31.1. The summed E-state index contributed by atoms with van der Waals surface area (Å²) in [6.07, 6.45) is 73.1. The van der Waals surface area contributed by atoms with Crippen molar-refractivity contribution in [3.63, 3.8) is 0 Å². The predicted molar refractivity (Wildman–Crippen MR) is 295 cm³/mol. The maximum Gasteiger partial charge on any atom is 0.0784 e. The minimum atomic E-state index is 1.37. The summed E-state index contributed by atoms with van der Waals surface area (Å²) in [4.78, 5) is 0. The highest BCUT2D eigenvalue weighted by Gasteiger charge is 2.21. The molecular weight excluding hydrogens is 773 g/mol. The van der Waals surface area contributed by atoms with E-state index < -0.39 is 0 Å². The monoisotopic (exact) mass is 903 g/mol.